The molecule has 5 rings (SSSR count). The number of sulfonamides is 1. The van der Waals surface area contributed by atoms with Crippen LogP contribution in [0, 0.1) is 6.92 Å². The number of nitrogens with one attached hydrogen (secondary N) is 2. The number of amides is 2. The molecule has 0 spiro atoms. The number of amidine groups is 1. The number of hydrogen-bond acceptors (Lipinski definition) is 6. The number of fused-ring (bicyclic) bond motifs is 1. The van der Waals surface area contributed by atoms with Gasteiger partial charge in [0.2, 0.25) is 5.91 Å². The molecule has 39 heavy (non-hydrogen) atoms. The van der Waals surface area contributed by atoms with Gasteiger partial charge in [-0.25, -0.2) is 13.1 Å². The first kappa shape index (κ1) is 28.8. The first-order valence-corrected chi connectivity index (χ1v) is 14.0. The Labute approximate surface area is 253 Å². The van der Waals surface area contributed by atoms with Gasteiger partial charge in [0.1, 0.15) is 0 Å². The van der Waals surface area contributed by atoms with Crippen LogP contribution in [0.2, 0.25) is 0 Å². The van der Waals surface area contributed by atoms with E-state index in [4.69, 9.17) is 0 Å². The zero-order valence-corrected chi connectivity index (χ0v) is 22.0. The molecule has 2 amide bonds. The van der Waals surface area contributed by atoms with Crippen molar-refractivity contribution in [2.75, 3.05) is 5.32 Å². The van der Waals surface area contributed by atoms with Crippen molar-refractivity contribution in [2.45, 2.75) is 18.2 Å². The van der Waals surface area contributed by atoms with E-state index in [1.165, 1.54) is 23.9 Å². The van der Waals surface area contributed by atoms with E-state index in [1.54, 1.807) is 36.4 Å². The van der Waals surface area contributed by atoms with Crippen molar-refractivity contribution in [3.8, 4) is 0 Å². The van der Waals surface area contributed by atoms with Crippen molar-refractivity contribution >= 4 is 90.9 Å². The molecule has 0 saturated heterocycles. The van der Waals surface area contributed by atoms with E-state index in [1.807, 2.05) is 55.5 Å². The molecule has 0 radical (unpaired) electrons. The van der Waals surface area contributed by atoms with Crippen LogP contribution in [-0.4, -0.2) is 55.0 Å². The molecular weight excluding hydrogens is 541 g/mol. The Morgan fingerprint density at radius 1 is 0.923 bits per heavy atom. The summed E-state index contributed by atoms with van der Waals surface area (Å²) < 4.78 is 27.0. The number of aryl methyl sites for hydroxylation is 1. The molecule has 4 aromatic rings. The predicted octanol–water partition coefficient (Wildman–Crippen LogP) is 4.63. The Kier molecular flexibility index (Phi) is 9.09. The van der Waals surface area contributed by atoms with Gasteiger partial charge in [-0.05, 0) is 77.0 Å². The number of benzene rings is 4. The Bertz CT molecular complexity index is 1720. The summed E-state index contributed by atoms with van der Waals surface area (Å²) in [5.74, 6) is -0.940. The Hall–Kier alpha value is -3.21. The van der Waals surface area contributed by atoms with E-state index < -0.39 is 15.9 Å². The molecule has 4 aromatic carbocycles. The van der Waals surface area contributed by atoms with E-state index in [9.17, 15) is 18.0 Å². The van der Waals surface area contributed by atoms with Gasteiger partial charge in [-0.3, -0.25) is 9.59 Å². The third-order valence-corrected chi connectivity index (χ3v) is 8.13. The topological polar surface area (TPSA) is 105 Å². The summed E-state index contributed by atoms with van der Waals surface area (Å²) in [5.41, 5.74) is 3.17. The van der Waals surface area contributed by atoms with Crippen molar-refractivity contribution in [1.29, 1.82) is 0 Å². The Morgan fingerprint density at radius 2 is 1.62 bits per heavy atom. The van der Waals surface area contributed by atoms with E-state index in [0.29, 0.717) is 21.3 Å². The fourth-order valence-corrected chi connectivity index (χ4v) is 5.71. The van der Waals surface area contributed by atoms with Gasteiger partial charge < -0.3 is 5.32 Å². The molecule has 1 aliphatic rings. The van der Waals surface area contributed by atoms with E-state index in [2.05, 4.69) is 15.0 Å². The molecule has 7 nitrogen and oxygen atoms in total. The van der Waals surface area contributed by atoms with Crippen LogP contribution in [0.25, 0.3) is 16.8 Å². The monoisotopic (exact) mass is 565 g/mol. The summed E-state index contributed by atoms with van der Waals surface area (Å²) in [6.07, 6.45) is 1.72. The van der Waals surface area contributed by atoms with Gasteiger partial charge in [0.05, 0.1) is 16.2 Å². The van der Waals surface area contributed by atoms with Crippen LogP contribution in [0.5, 0.6) is 0 Å². The predicted molar refractivity (Wildman–Crippen MR) is 159 cm³/mol. The van der Waals surface area contributed by atoms with Gasteiger partial charge in [0, 0.05) is 5.69 Å². The minimum atomic E-state index is -3.93. The van der Waals surface area contributed by atoms with Crippen molar-refractivity contribution in [1.82, 2.24) is 4.72 Å². The summed E-state index contributed by atoms with van der Waals surface area (Å²) in [7, 11) is -3.93. The number of rotatable bonds is 6. The van der Waals surface area contributed by atoms with Crippen LogP contribution in [0.15, 0.2) is 106 Å². The number of thioether (sulfide) groups is 1. The van der Waals surface area contributed by atoms with Gasteiger partial charge in [0.25, 0.3) is 15.9 Å². The molecule has 0 saturated carbocycles. The van der Waals surface area contributed by atoms with Crippen molar-refractivity contribution in [3.05, 3.63) is 113 Å². The van der Waals surface area contributed by atoms with Crippen LogP contribution in [0.1, 0.15) is 16.7 Å². The van der Waals surface area contributed by atoms with Gasteiger partial charge in [-0.15, -0.1) is 0 Å². The number of aliphatic imine (C=N–C) groups is 1. The number of nitrogens with zero attached hydrogens (tertiary/aromatic N) is 1. The van der Waals surface area contributed by atoms with Gasteiger partial charge in [0.15, 0.2) is 5.17 Å². The average Bonchev–Trinajstić information content (AvgIpc) is 3.23. The molecule has 0 aliphatic carbocycles. The van der Waals surface area contributed by atoms with Crippen molar-refractivity contribution in [2.24, 2.45) is 4.99 Å². The van der Waals surface area contributed by atoms with Crippen LogP contribution < -0.4 is 10.0 Å². The molecule has 0 bridgehead atoms. The molecular formula is C29H24N3NaO4S2. The molecule has 2 N–H and O–H groups in total. The fourth-order valence-electron chi connectivity index (χ4n) is 3.89. The van der Waals surface area contributed by atoms with Crippen LogP contribution in [0.3, 0.4) is 0 Å². The normalized spacial score (nSPS) is 14.1. The zero-order chi connectivity index (χ0) is 26.7. The summed E-state index contributed by atoms with van der Waals surface area (Å²) in [5, 5.41) is 5.80. The second-order valence-electron chi connectivity index (χ2n) is 8.78. The van der Waals surface area contributed by atoms with Crippen LogP contribution in [-0.2, 0) is 26.0 Å². The van der Waals surface area contributed by atoms with E-state index in [-0.39, 0.29) is 46.8 Å². The summed E-state index contributed by atoms with van der Waals surface area (Å²) >= 11 is 1.25. The first-order valence-electron chi connectivity index (χ1n) is 11.7. The Balaban J connectivity index is 0.00000353. The number of hydrogen-bond donors (Lipinski definition) is 2. The molecule has 10 heteroatoms. The number of carbonyl (C=O) groups is 2. The summed E-state index contributed by atoms with van der Waals surface area (Å²) in [6, 6.07) is 27.2. The SMILES string of the molecule is Cc1ccc(S(=O)(=O)NC(=O)Cc2ccc(NC3=NC(=O)/C(=C/c4ccc5ccccc5c4)S3)cc2)cc1.[NaH]. The Morgan fingerprint density at radius 3 is 2.33 bits per heavy atom. The summed E-state index contributed by atoms with van der Waals surface area (Å²) in [6.45, 7) is 1.85. The molecule has 1 heterocycles. The fraction of sp³-hybridized carbons (Fsp3) is 0.0690. The number of anilines is 1. The first-order chi connectivity index (χ1) is 18.2. The average molecular weight is 566 g/mol. The maximum atomic E-state index is 12.4. The van der Waals surface area contributed by atoms with Crippen LogP contribution in [0.4, 0.5) is 5.69 Å². The quantitative estimate of drug-likeness (QED) is 0.261. The molecule has 0 unspecified atom stereocenters. The minimum absolute atomic E-state index is 0. The third kappa shape index (κ3) is 7.26. The third-order valence-electron chi connectivity index (χ3n) is 5.84. The van der Waals surface area contributed by atoms with Crippen molar-refractivity contribution < 1.29 is 18.0 Å². The molecule has 192 valence electrons. The second-order valence-corrected chi connectivity index (χ2v) is 11.5. The summed E-state index contributed by atoms with van der Waals surface area (Å²) in [4.78, 5) is 29.5. The molecule has 0 aromatic heterocycles. The molecule has 1 aliphatic heterocycles. The van der Waals surface area contributed by atoms with Crippen molar-refractivity contribution in [3.63, 3.8) is 0 Å². The van der Waals surface area contributed by atoms with Gasteiger partial charge in [-0.1, -0.05) is 66.2 Å². The second kappa shape index (κ2) is 12.3. The molecule has 0 atom stereocenters. The standard InChI is InChI=1S/C29H23N3O4S2.Na.H/c1-19-6-14-25(15-7-19)38(35,36)32-27(33)18-20-9-12-24(13-10-20)30-29-31-28(34)26(37-29)17-21-8-11-22-4-2-3-5-23(22)16-21;;/h2-17H,18H2,1H3,(H,32,33)(H,30,31,34);;/b26-17-;;. The van der Waals surface area contributed by atoms with Crippen LogP contribution >= 0.6 is 11.8 Å². The maximum absolute atomic E-state index is 12.4. The zero-order valence-electron chi connectivity index (χ0n) is 20.3. The number of carbonyl (C=O) groups excluding carboxylic acids is 2. The van der Waals surface area contributed by atoms with Gasteiger partial charge >= 0.3 is 29.6 Å². The van der Waals surface area contributed by atoms with Gasteiger partial charge in [-0.2, -0.15) is 4.99 Å². The molecule has 0 fully saturated rings. The van der Waals surface area contributed by atoms with E-state index >= 15 is 0 Å². The van der Waals surface area contributed by atoms with E-state index in [0.717, 1.165) is 21.9 Å².